The molecule has 2 heterocycles. The normalized spacial score (nSPS) is 48.6. The molecule has 5 fully saturated rings. The Morgan fingerprint density at radius 1 is 0.973 bits per heavy atom. The van der Waals surface area contributed by atoms with Gasteiger partial charge in [-0.2, -0.15) is 0 Å². The lowest BCUT2D eigenvalue weighted by Gasteiger charge is -2.70. The highest BCUT2D eigenvalue weighted by Gasteiger charge is 2.69. The molecule has 0 amide bonds. The summed E-state index contributed by atoms with van der Waals surface area (Å²) in [6.45, 7) is 21.0. The van der Waals surface area contributed by atoms with Gasteiger partial charge in [-0.15, -0.1) is 0 Å². The summed E-state index contributed by atoms with van der Waals surface area (Å²) in [7, 11) is 0. The molecule has 0 radical (unpaired) electrons. The number of nitrogens with zero attached hydrogens (tertiary/aromatic N) is 2. The summed E-state index contributed by atoms with van der Waals surface area (Å²) in [5, 5.41) is 3.95. The second-order valence-corrected chi connectivity index (χ2v) is 15.3. The molecule has 1 aliphatic heterocycles. The van der Waals surface area contributed by atoms with Crippen LogP contribution in [-0.4, -0.2) is 27.5 Å². The molecule has 4 aliphatic carbocycles. The molecule has 0 bridgehead atoms. The maximum Gasteiger partial charge on any atom is 0.235 e. The molecule has 5 aliphatic rings. The average Bonchev–Trinajstić information content (AvgIpc) is 3.48. The first-order chi connectivity index (χ1) is 17.4. The zero-order valence-electron chi connectivity index (χ0n) is 24.4. The van der Waals surface area contributed by atoms with Gasteiger partial charge in [0, 0.05) is 23.9 Å². The fourth-order valence-corrected chi connectivity index (χ4v) is 12.0. The van der Waals surface area contributed by atoms with E-state index in [1.807, 2.05) is 6.20 Å². The first-order valence-corrected chi connectivity index (χ1v) is 15.4. The van der Waals surface area contributed by atoms with Gasteiger partial charge in [-0.3, -0.25) is 9.36 Å². The van der Waals surface area contributed by atoms with E-state index in [2.05, 4.69) is 58.4 Å². The zero-order chi connectivity index (χ0) is 26.4. The molecule has 10 atom stereocenters. The molecule has 4 nitrogen and oxygen atoms in total. The molecule has 0 aromatic carbocycles. The van der Waals surface area contributed by atoms with E-state index in [1.54, 1.807) is 17.1 Å². The lowest BCUT2D eigenvalue weighted by Crippen LogP contribution is -2.65. The quantitative estimate of drug-likeness (QED) is 0.427. The van der Waals surface area contributed by atoms with Crippen molar-refractivity contribution in [2.24, 2.45) is 57.7 Å². The van der Waals surface area contributed by atoms with Crippen LogP contribution in [0.5, 0.6) is 0 Å². The number of hydrogen-bond acceptors (Lipinski definition) is 3. The predicted molar refractivity (Wildman–Crippen MR) is 150 cm³/mol. The number of nitrogens with one attached hydrogen (secondary N) is 1. The van der Waals surface area contributed by atoms with E-state index in [4.69, 9.17) is 0 Å². The lowest BCUT2D eigenvalue weighted by molar-refractivity contribution is -0.214. The van der Waals surface area contributed by atoms with Crippen LogP contribution in [0.1, 0.15) is 104 Å². The van der Waals surface area contributed by atoms with Crippen molar-refractivity contribution in [3.05, 3.63) is 30.9 Å². The van der Waals surface area contributed by atoms with Crippen LogP contribution in [0.15, 0.2) is 30.9 Å². The van der Waals surface area contributed by atoms with E-state index in [0.717, 1.165) is 18.3 Å². The fourth-order valence-electron chi connectivity index (χ4n) is 12.0. The maximum absolute atomic E-state index is 13.6. The van der Waals surface area contributed by atoms with Crippen LogP contribution in [0.3, 0.4) is 0 Å². The Kier molecular flexibility index (Phi) is 5.96. The van der Waals surface area contributed by atoms with Gasteiger partial charge in [0.2, 0.25) is 5.91 Å². The third kappa shape index (κ3) is 3.49. The second kappa shape index (κ2) is 8.54. The minimum absolute atomic E-state index is 0.109. The number of allylic oxidation sites excluding steroid dienone is 1. The predicted octanol–water partition coefficient (Wildman–Crippen LogP) is 7.38. The molecule has 1 unspecified atom stereocenters. The first-order valence-electron chi connectivity index (χ1n) is 15.4. The Bertz CT molecular complexity index is 1060. The molecule has 37 heavy (non-hydrogen) atoms. The van der Waals surface area contributed by atoms with Gasteiger partial charge >= 0.3 is 0 Å². The topological polar surface area (TPSA) is 46.9 Å². The number of fused-ring (bicyclic) bond motifs is 7. The van der Waals surface area contributed by atoms with Crippen molar-refractivity contribution in [3.63, 3.8) is 0 Å². The third-order valence-electron chi connectivity index (χ3n) is 13.7. The second-order valence-electron chi connectivity index (χ2n) is 15.3. The summed E-state index contributed by atoms with van der Waals surface area (Å²) in [5.41, 5.74) is 2.65. The maximum atomic E-state index is 13.6. The Morgan fingerprint density at radius 3 is 2.43 bits per heavy atom. The van der Waals surface area contributed by atoms with Crippen LogP contribution < -0.4 is 5.32 Å². The highest BCUT2D eigenvalue weighted by molar-refractivity contribution is 5.82. The van der Waals surface area contributed by atoms with Gasteiger partial charge in [-0.1, -0.05) is 32.9 Å². The van der Waals surface area contributed by atoms with Gasteiger partial charge < -0.3 is 5.32 Å². The standard InChI is InChI=1S/C33H51N3O/c1-21(2)23-19-24(29(37)36-18-17-34-20-36)22-11-14-32(6)25(28(22)23)9-10-27-31(5)13-8-16-35-30(3,4)26(31)12-15-33(27,32)7/h17-18,20,22-28,35H,1,8-16,19H2,2-7H3/t22?,23-,24+,25+,26-,27+,28+,31-,32+,33+/m0/s1. The molecule has 1 aromatic rings. The van der Waals surface area contributed by atoms with Gasteiger partial charge in [0.25, 0.3) is 0 Å². The number of aromatic nitrogens is 2. The SMILES string of the molecule is C=C(C)[C@@H]1C[C@@H](C(=O)n2ccnc2)C2CC[C@]3(C)[C@H](CC[C@@H]4[C@@]5(C)CCCNC(C)(C)[C@@H]5CC[C@]43C)[C@H]21. The van der Waals surface area contributed by atoms with Crippen molar-refractivity contribution < 1.29 is 4.79 Å². The highest BCUT2D eigenvalue weighted by Crippen LogP contribution is 2.75. The smallest absolute Gasteiger partial charge is 0.235 e. The van der Waals surface area contributed by atoms with E-state index in [9.17, 15) is 4.79 Å². The monoisotopic (exact) mass is 505 g/mol. The minimum atomic E-state index is 0.109. The van der Waals surface area contributed by atoms with Crippen LogP contribution >= 0.6 is 0 Å². The molecular weight excluding hydrogens is 454 g/mol. The largest absolute Gasteiger partial charge is 0.311 e. The molecule has 6 rings (SSSR count). The molecule has 1 aromatic heterocycles. The third-order valence-corrected chi connectivity index (χ3v) is 13.7. The van der Waals surface area contributed by atoms with Gasteiger partial charge in [-0.05, 0) is 137 Å². The number of hydrogen-bond donors (Lipinski definition) is 1. The van der Waals surface area contributed by atoms with Crippen molar-refractivity contribution in [1.29, 1.82) is 0 Å². The Labute approximate surface area is 225 Å². The summed E-state index contributed by atoms with van der Waals surface area (Å²) in [5.74, 6) is 4.19. The van der Waals surface area contributed by atoms with E-state index in [-0.39, 0.29) is 17.4 Å². The lowest BCUT2D eigenvalue weighted by atomic mass is 9.34. The van der Waals surface area contributed by atoms with E-state index < -0.39 is 0 Å². The van der Waals surface area contributed by atoms with E-state index >= 15 is 0 Å². The van der Waals surface area contributed by atoms with Crippen molar-refractivity contribution >= 4 is 5.91 Å². The minimum Gasteiger partial charge on any atom is -0.311 e. The van der Waals surface area contributed by atoms with Crippen LogP contribution in [0.4, 0.5) is 0 Å². The molecule has 1 N–H and O–H groups in total. The molecule has 204 valence electrons. The van der Waals surface area contributed by atoms with Crippen LogP contribution in [0.2, 0.25) is 0 Å². The van der Waals surface area contributed by atoms with Gasteiger partial charge in [-0.25, -0.2) is 4.98 Å². The number of imidazole rings is 1. The Morgan fingerprint density at radius 2 is 1.73 bits per heavy atom. The van der Waals surface area contributed by atoms with Crippen molar-refractivity contribution in [1.82, 2.24) is 14.9 Å². The highest BCUT2D eigenvalue weighted by atomic mass is 16.2. The number of carbonyl (C=O) groups excluding carboxylic acids is 1. The van der Waals surface area contributed by atoms with Gasteiger partial charge in [0.1, 0.15) is 6.33 Å². The molecule has 0 spiro atoms. The van der Waals surface area contributed by atoms with Crippen molar-refractivity contribution in [2.45, 2.75) is 105 Å². The average molecular weight is 506 g/mol. The zero-order valence-corrected chi connectivity index (χ0v) is 24.4. The summed E-state index contributed by atoms with van der Waals surface area (Å²) < 4.78 is 1.75. The first kappa shape index (κ1) is 25.8. The van der Waals surface area contributed by atoms with Crippen molar-refractivity contribution in [3.8, 4) is 0 Å². The Hall–Kier alpha value is -1.42. The van der Waals surface area contributed by atoms with Gasteiger partial charge in [0.05, 0.1) is 0 Å². The number of carbonyl (C=O) groups is 1. The summed E-state index contributed by atoms with van der Waals surface area (Å²) in [4.78, 5) is 17.8. The summed E-state index contributed by atoms with van der Waals surface area (Å²) in [6, 6.07) is 0. The fraction of sp³-hybridized carbons (Fsp3) is 0.818. The molecule has 4 saturated carbocycles. The number of rotatable bonds is 2. The molecular formula is C33H51N3O. The van der Waals surface area contributed by atoms with E-state index in [0.29, 0.717) is 39.9 Å². The molecule has 4 heteroatoms. The summed E-state index contributed by atoms with van der Waals surface area (Å²) in [6.07, 6.45) is 16.8. The molecule has 1 saturated heterocycles. The van der Waals surface area contributed by atoms with Crippen LogP contribution in [0, 0.1) is 57.7 Å². The van der Waals surface area contributed by atoms with Crippen LogP contribution in [0.25, 0.3) is 0 Å². The summed E-state index contributed by atoms with van der Waals surface area (Å²) >= 11 is 0. The van der Waals surface area contributed by atoms with E-state index in [1.165, 1.54) is 63.5 Å². The van der Waals surface area contributed by atoms with Crippen LogP contribution in [-0.2, 0) is 0 Å². The van der Waals surface area contributed by atoms with Gasteiger partial charge in [0.15, 0.2) is 0 Å². The van der Waals surface area contributed by atoms with Crippen molar-refractivity contribution in [2.75, 3.05) is 6.54 Å². The Balaban J connectivity index is 1.36.